The van der Waals surface area contributed by atoms with Crippen LogP contribution in [0.15, 0.2) is 28.7 Å². The van der Waals surface area contributed by atoms with E-state index in [0.29, 0.717) is 6.04 Å². The molecule has 2 nitrogen and oxygen atoms in total. The van der Waals surface area contributed by atoms with E-state index in [4.69, 9.17) is 0 Å². The van der Waals surface area contributed by atoms with Crippen molar-refractivity contribution in [2.75, 3.05) is 13.1 Å². The number of nitrogens with zero attached hydrogens (tertiary/aromatic N) is 1. The molecule has 2 aliphatic rings. The molecule has 2 fully saturated rings. The SMILES string of the molecule is CC(c1ccc(Br)cc1)N1CCCC1C1CCCN1. The molecule has 0 bridgehead atoms. The molecule has 2 heterocycles. The van der Waals surface area contributed by atoms with E-state index in [-0.39, 0.29) is 0 Å². The molecule has 2 saturated heterocycles. The first-order valence-corrected chi connectivity index (χ1v) is 8.29. The molecule has 1 aromatic carbocycles. The third-order valence-electron chi connectivity index (χ3n) is 4.75. The fourth-order valence-corrected chi connectivity index (χ4v) is 3.96. The van der Waals surface area contributed by atoms with Crippen LogP contribution in [0.1, 0.15) is 44.2 Å². The van der Waals surface area contributed by atoms with Gasteiger partial charge in [-0.05, 0) is 63.4 Å². The second-order valence-electron chi connectivity index (χ2n) is 5.88. The third-order valence-corrected chi connectivity index (χ3v) is 5.28. The second-order valence-corrected chi connectivity index (χ2v) is 6.79. The number of benzene rings is 1. The van der Waals surface area contributed by atoms with E-state index >= 15 is 0 Å². The van der Waals surface area contributed by atoms with Gasteiger partial charge in [-0.15, -0.1) is 0 Å². The van der Waals surface area contributed by atoms with E-state index < -0.39 is 0 Å². The fourth-order valence-electron chi connectivity index (χ4n) is 3.70. The second kappa shape index (κ2) is 5.94. The Balaban J connectivity index is 1.74. The van der Waals surface area contributed by atoms with Gasteiger partial charge in [0.1, 0.15) is 0 Å². The van der Waals surface area contributed by atoms with Gasteiger partial charge in [0.2, 0.25) is 0 Å². The zero-order valence-corrected chi connectivity index (χ0v) is 13.2. The topological polar surface area (TPSA) is 15.3 Å². The monoisotopic (exact) mass is 322 g/mol. The Kier molecular flexibility index (Phi) is 4.25. The molecule has 0 saturated carbocycles. The van der Waals surface area contributed by atoms with Crippen molar-refractivity contribution >= 4 is 15.9 Å². The molecular formula is C16H23BrN2. The van der Waals surface area contributed by atoms with Crippen molar-refractivity contribution < 1.29 is 0 Å². The normalized spacial score (nSPS) is 29.8. The van der Waals surface area contributed by atoms with Gasteiger partial charge in [0.25, 0.3) is 0 Å². The van der Waals surface area contributed by atoms with E-state index in [2.05, 4.69) is 57.3 Å². The molecule has 2 aliphatic heterocycles. The smallest absolute Gasteiger partial charge is 0.0323 e. The first kappa shape index (κ1) is 13.6. The fraction of sp³-hybridized carbons (Fsp3) is 0.625. The minimum atomic E-state index is 0.531. The highest BCUT2D eigenvalue weighted by atomic mass is 79.9. The van der Waals surface area contributed by atoms with E-state index in [9.17, 15) is 0 Å². The van der Waals surface area contributed by atoms with Gasteiger partial charge >= 0.3 is 0 Å². The van der Waals surface area contributed by atoms with E-state index in [1.807, 2.05) is 0 Å². The summed E-state index contributed by atoms with van der Waals surface area (Å²) in [5.74, 6) is 0. The van der Waals surface area contributed by atoms with Gasteiger partial charge in [-0.1, -0.05) is 28.1 Å². The van der Waals surface area contributed by atoms with Crippen LogP contribution >= 0.6 is 15.9 Å². The summed E-state index contributed by atoms with van der Waals surface area (Å²) in [5, 5.41) is 3.69. The predicted octanol–water partition coefficient (Wildman–Crippen LogP) is 3.73. The van der Waals surface area contributed by atoms with Crippen molar-refractivity contribution in [3.8, 4) is 0 Å². The quantitative estimate of drug-likeness (QED) is 0.912. The lowest BCUT2D eigenvalue weighted by Gasteiger charge is -2.34. The Morgan fingerprint density at radius 1 is 1.21 bits per heavy atom. The molecule has 0 aromatic heterocycles. The molecule has 1 N–H and O–H groups in total. The molecule has 3 unspecified atom stereocenters. The highest BCUT2D eigenvalue weighted by Crippen LogP contribution is 2.33. The summed E-state index contributed by atoms with van der Waals surface area (Å²) in [6, 6.07) is 10.8. The lowest BCUT2D eigenvalue weighted by atomic mass is 10.0. The Bertz CT molecular complexity index is 411. The molecule has 1 aromatic rings. The molecule has 0 amide bonds. The Labute approximate surface area is 124 Å². The van der Waals surface area contributed by atoms with Gasteiger partial charge in [-0.3, -0.25) is 4.90 Å². The maximum atomic E-state index is 3.69. The van der Waals surface area contributed by atoms with Crippen molar-refractivity contribution in [2.24, 2.45) is 0 Å². The number of likely N-dealkylation sites (tertiary alicyclic amines) is 1. The zero-order chi connectivity index (χ0) is 13.2. The van der Waals surface area contributed by atoms with Crippen LogP contribution in [0.4, 0.5) is 0 Å². The lowest BCUT2D eigenvalue weighted by Crippen LogP contribution is -2.44. The highest BCUT2D eigenvalue weighted by molar-refractivity contribution is 9.10. The van der Waals surface area contributed by atoms with Crippen LogP contribution in [0.5, 0.6) is 0 Å². The number of hydrogen-bond acceptors (Lipinski definition) is 2. The minimum absolute atomic E-state index is 0.531. The summed E-state index contributed by atoms with van der Waals surface area (Å²) in [4.78, 5) is 2.71. The summed E-state index contributed by atoms with van der Waals surface area (Å²) >= 11 is 3.52. The summed E-state index contributed by atoms with van der Waals surface area (Å²) in [7, 11) is 0. The van der Waals surface area contributed by atoms with Crippen LogP contribution < -0.4 is 5.32 Å². The Morgan fingerprint density at radius 3 is 2.68 bits per heavy atom. The first-order chi connectivity index (χ1) is 9.25. The minimum Gasteiger partial charge on any atom is -0.312 e. The van der Waals surface area contributed by atoms with Crippen LogP contribution in [0, 0.1) is 0 Å². The van der Waals surface area contributed by atoms with Crippen molar-refractivity contribution in [2.45, 2.75) is 50.7 Å². The van der Waals surface area contributed by atoms with Crippen molar-refractivity contribution in [3.05, 3.63) is 34.3 Å². The van der Waals surface area contributed by atoms with Crippen LogP contribution in [0.25, 0.3) is 0 Å². The van der Waals surface area contributed by atoms with Gasteiger partial charge in [-0.2, -0.15) is 0 Å². The molecule has 3 heteroatoms. The Hall–Kier alpha value is -0.380. The van der Waals surface area contributed by atoms with Gasteiger partial charge in [0.15, 0.2) is 0 Å². The van der Waals surface area contributed by atoms with Crippen LogP contribution in [-0.4, -0.2) is 30.1 Å². The lowest BCUT2D eigenvalue weighted by molar-refractivity contribution is 0.163. The van der Waals surface area contributed by atoms with Crippen LogP contribution in [-0.2, 0) is 0 Å². The van der Waals surface area contributed by atoms with Crippen molar-refractivity contribution in [1.29, 1.82) is 0 Å². The number of nitrogens with one attached hydrogen (secondary N) is 1. The molecule has 0 radical (unpaired) electrons. The largest absolute Gasteiger partial charge is 0.312 e. The van der Waals surface area contributed by atoms with Gasteiger partial charge in [0.05, 0.1) is 0 Å². The molecule has 3 atom stereocenters. The van der Waals surface area contributed by atoms with E-state index in [1.54, 1.807) is 0 Å². The van der Waals surface area contributed by atoms with Crippen LogP contribution in [0.3, 0.4) is 0 Å². The summed E-state index contributed by atoms with van der Waals surface area (Å²) in [6.45, 7) is 4.82. The summed E-state index contributed by atoms with van der Waals surface area (Å²) in [6.07, 6.45) is 5.41. The van der Waals surface area contributed by atoms with Crippen LogP contribution in [0.2, 0.25) is 0 Å². The molecule has 104 valence electrons. The zero-order valence-electron chi connectivity index (χ0n) is 11.6. The third kappa shape index (κ3) is 2.88. The maximum absolute atomic E-state index is 3.69. The van der Waals surface area contributed by atoms with Gasteiger partial charge in [0, 0.05) is 22.6 Å². The van der Waals surface area contributed by atoms with Gasteiger partial charge in [-0.25, -0.2) is 0 Å². The molecular weight excluding hydrogens is 300 g/mol. The highest BCUT2D eigenvalue weighted by Gasteiger charge is 2.35. The molecule has 0 spiro atoms. The first-order valence-electron chi connectivity index (χ1n) is 7.50. The summed E-state index contributed by atoms with van der Waals surface area (Å²) in [5.41, 5.74) is 1.44. The number of rotatable bonds is 3. The summed E-state index contributed by atoms with van der Waals surface area (Å²) < 4.78 is 1.17. The van der Waals surface area contributed by atoms with E-state index in [1.165, 1.54) is 48.8 Å². The predicted molar refractivity (Wildman–Crippen MR) is 83.3 cm³/mol. The molecule has 0 aliphatic carbocycles. The average molecular weight is 323 g/mol. The Morgan fingerprint density at radius 2 is 2.00 bits per heavy atom. The van der Waals surface area contributed by atoms with Crippen molar-refractivity contribution in [1.82, 2.24) is 10.2 Å². The number of hydrogen-bond donors (Lipinski definition) is 1. The maximum Gasteiger partial charge on any atom is 0.0323 e. The number of halogens is 1. The van der Waals surface area contributed by atoms with Gasteiger partial charge < -0.3 is 5.32 Å². The molecule has 3 rings (SSSR count). The average Bonchev–Trinajstić information content (AvgIpc) is 3.09. The standard InChI is InChI=1S/C16H23BrN2/c1-12(13-6-8-14(17)9-7-13)19-11-3-5-16(19)15-4-2-10-18-15/h6-9,12,15-16,18H,2-5,10-11H2,1H3. The van der Waals surface area contributed by atoms with Crippen molar-refractivity contribution in [3.63, 3.8) is 0 Å². The molecule has 19 heavy (non-hydrogen) atoms. The van der Waals surface area contributed by atoms with E-state index in [0.717, 1.165) is 12.1 Å².